The third-order valence-corrected chi connectivity index (χ3v) is 3.26. The van der Waals surface area contributed by atoms with Crippen LogP contribution in [0.4, 0.5) is 5.69 Å². The number of nitrogens with zero attached hydrogens (tertiary/aromatic N) is 3. The van der Waals surface area contributed by atoms with Crippen LogP contribution < -0.4 is 14.8 Å². The molecule has 0 aromatic heterocycles. The van der Waals surface area contributed by atoms with Gasteiger partial charge in [-0.15, -0.1) is 0 Å². The SMILES string of the molecule is COc1cc(NC(C#N)=C(C#N)C#N)ccc1OCc1ccccc1. The molecule has 0 bridgehead atoms. The van der Waals surface area contributed by atoms with Gasteiger partial charge in [0, 0.05) is 11.8 Å². The molecule has 0 heterocycles. The van der Waals surface area contributed by atoms with Gasteiger partial charge in [0.25, 0.3) is 0 Å². The minimum absolute atomic E-state index is 0.120. The quantitative estimate of drug-likeness (QED) is 0.813. The molecule has 0 aliphatic carbocycles. The fraction of sp³-hybridized carbons (Fsp3) is 0.105. The monoisotopic (exact) mass is 330 g/mol. The molecule has 0 fully saturated rings. The molecule has 0 radical (unpaired) electrons. The Balaban J connectivity index is 2.19. The number of hydrogen-bond acceptors (Lipinski definition) is 6. The van der Waals surface area contributed by atoms with Crippen LogP contribution in [0.3, 0.4) is 0 Å². The lowest BCUT2D eigenvalue weighted by Gasteiger charge is -2.13. The standard InChI is InChI=1S/C19H14N4O2/c1-24-19-9-16(23-17(12-22)15(10-20)11-21)7-8-18(19)25-13-14-5-3-2-4-6-14/h2-9,23H,13H2,1H3. The highest BCUT2D eigenvalue weighted by atomic mass is 16.5. The van der Waals surface area contributed by atoms with E-state index in [2.05, 4.69) is 5.32 Å². The lowest BCUT2D eigenvalue weighted by atomic mass is 10.2. The molecule has 6 nitrogen and oxygen atoms in total. The molecule has 0 atom stereocenters. The minimum atomic E-state index is -0.286. The van der Waals surface area contributed by atoms with E-state index >= 15 is 0 Å². The highest BCUT2D eigenvalue weighted by Gasteiger charge is 2.10. The highest BCUT2D eigenvalue weighted by Crippen LogP contribution is 2.31. The number of nitrogens with one attached hydrogen (secondary N) is 1. The molecule has 2 rings (SSSR count). The number of allylic oxidation sites excluding steroid dienone is 2. The van der Waals surface area contributed by atoms with Crippen LogP contribution in [0.5, 0.6) is 11.5 Å². The maximum Gasteiger partial charge on any atom is 0.163 e. The van der Waals surface area contributed by atoms with Gasteiger partial charge in [-0.3, -0.25) is 0 Å². The first kappa shape index (κ1) is 17.4. The number of hydrogen-bond donors (Lipinski definition) is 1. The number of benzene rings is 2. The van der Waals surface area contributed by atoms with Crippen molar-refractivity contribution in [2.24, 2.45) is 0 Å². The summed E-state index contributed by atoms with van der Waals surface area (Å²) in [6.45, 7) is 0.389. The van der Waals surface area contributed by atoms with Crippen LogP contribution >= 0.6 is 0 Å². The third kappa shape index (κ3) is 4.51. The van der Waals surface area contributed by atoms with Gasteiger partial charge in [-0.25, -0.2) is 0 Å². The van der Waals surface area contributed by atoms with Crippen LogP contribution in [-0.4, -0.2) is 7.11 Å². The molecule has 6 heteroatoms. The lowest BCUT2D eigenvalue weighted by molar-refractivity contribution is 0.284. The van der Waals surface area contributed by atoms with E-state index < -0.39 is 0 Å². The second-order valence-electron chi connectivity index (χ2n) is 4.85. The van der Waals surface area contributed by atoms with Crippen molar-refractivity contribution in [1.29, 1.82) is 15.8 Å². The first-order valence-electron chi connectivity index (χ1n) is 7.28. The van der Waals surface area contributed by atoms with Gasteiger partial charge in [0.1, 0.15) is 30.5 Å². The van der Waals surface area contributed by atoms with Gasteiger partial charge in [-0.2, -0.15) is 15.8 Å². The van der Waals surface area contributed by atoms with E-state index in [0.717, 1.165) is 5.56 Å². The van der Waals surface area contributed by atoms with Gasteiger partial charge in [0.05, 0.1) is 7.11 Å². The molecule has 25 heavy (non-hydrogen) atoms. The molecule has 0 saturated carbocycles. The van der Waals surface area contributed by atoms with Crippen molar-refractivity contribution in [3.63, 3.8) is 0 Å². The maximum absolute atomic E-state index is 9.08. The van der Waals surface area contributed by atoms with Crippen LogP contribution in [0.2, 0.25) is 0 Å². The molecule has 2 aromatic rings. The minimum Gasteiger partial charge on any atom is -0.493 e. The second kappa shape index (κ2) is 8.62. The zero-order valence-corrected chi connectivity index (χ0v) is 13.5. The fourth-order valence-electron chi connectivity index (χ4n) is 2.03. The van der Waals surface area contributed by atoms with E-state index in [1.807, 2.05) is 30.3 Å². The molecule has 0 saturated heterocycles. The summed E-state index contributed by atoms with van der Waals surface area (Å²) in [4.78, 5) is 0. The van der Waals surface area contributed by atoms with Crippen molar-refractivity contribution in [3.8, 4) is 29.7 Å². The Morgan fingerprint density at radius 2 is 1.68 bits per heavy atom. The van der Waals surface area contributed by atoms with Crippen molar-refractivity contribution >= 4 is 5.69 Å². The van der Waals surface area contributed by atoms with Gasteiger partial charge in [0.15, 0.2) is 17.1 Å². The fourth-order valence-corrected chi connectivity index (χ4v) is 2.03. The summed E-state index contributed by atoms with van der Waals surface area (Å²) in [6, 6.07) is 19.9. The largest absolute Gasteiger partial charge is 0.493 e. The van der Waals surface area contributed by atoms with E-state index in [1.165, 1.54) is 7.11 Å². The van der Waals surface area contributed by atoms with E-state index in [1.54, 1.807) is 36.4 Å². The van der Waals surface area contributed by atoms with Gasteiger partial charge < -0.3 is 14.8 Å². The first-order chi connectivity index (χ1) is 12.2. The Hall–Kier alpha value is -3.95. The van der Waals surface area contributed by atoms with Crippen molar-refractivity contribution in [2.45, 2.75) is 6.61 Å². The highest BCUT2D eigenvalue weighted by molar-refractivity contribution is 5.62. The molecular weight excluding hydrogens is 316 g/mol. The first-order valence-corrected chi connectivity index (χ1v) is 7.28. The average molecular weight is 330 g/mol. The molecule has 2 aromatic carbocycles. The molecule has 0 unspecified atom stereocenters. The van der Waals surface area contributed by atoms with Crippen molar-refractivity contribution in [3.05, 3.63) is 65.4 Å². The second-order valence-corrected chi connectivity index (χ2v) is 4.85. The number of anilines is 1. The predicted molar refractivity (Wildman–Crippen MR) is 91.3 cm³/mol. The Kier molecular flexibility index (Phi) is 6.00. The number of ether oxygens (including phenoxy) is 2. The maximum atomic E-state index is 9.08. The normalized spacial score (nSPS) is 9.04. The zero-order valence-electron chi connectivity index (χ0n) is 13.5. The summed E-state index contributed by atoms with van der Waals surface area (Å²) in [5, 5.41) is 29.6. The molecule has 0 amide bonds. The van der Waals surface area contributed by atoms with Gasteiger partial charge in [0.2, 0.25) is 0 Å². The summed E-state index contributed by atoms with van der Waals surface area (Å²) in [5.41, 5.74) is 1.12. The van der Waals surface area contributed by atoms with Crippen LogP contribution in [-0.2, 0) is 6.61 Å². The van der Waals surface area contributed by atoms with E-state index in [4.69, 9.17) is 25.3 Å². The molecule has 0 spiro atoms. The van der Waals surface area contributed by atoms with E-state index in [-0.39, 0.29) is 11.3 Å². The van der Waals surface area contributed by atoms with Crippen LogP contribution in [0.1, 0.15) is 5.56 Å². The molecule has 122 valence electrons. The van der Waals surface area contributed by atoms with Crippen molar-refractivity contribution < 1.29 is 9.47 Å². The number of rotatable bonds is 6. The Bertz CT molecular complexity index is 884. The third-order valence-electron chi connectivity index (χ3n) is 3.26. The zero-order chi connectivity index (χ0) is 18.1. The van der Waals surface area contributed by atoms with Gasteiger partial charge >= 0.3 is 0 Å². The average Bonchev–Trinajstić information content (AvgIpc) is 2.67. The molecular formula is C19H14N4O2. The van der Waals surface area contributed by atoms with E-state index in [0.29, 0.717) is 23.8 Å². The smallest absolute Gasteiger partial charge is 0.163 e. The van der Waals surface area contributed by atoms with Crippen molar-refractivity contribution in [1.82, 2.24) is 0 Å². The molecule has 0 aliphatic rings. The predicted octanol–water partition coefficient (Wildman–Crippen LogP) is 3.51. The Morgan fingerprint density at radius 3 is 2.28 bits per heavy atom. The summed E-state index contributed by atoms with van der Waals surface area (Å²) >= 11 is 0. The summed E-state index contributed by atoms with van der Waals surface area (Å²) in [6.07, 6.45) is 0. The van der Waals surface area contributed by atoms with Gasteiger partial charge in [-0.1, -0.05) is 30.3 Å². The van der Waals surface area contributed by atoms with Crippen LogP contribution in [0.25, 0.3) is 0 Å². The van der Waals surface area contributed by atoms with Crippen LogP contribution in [0.15, 0.2) is 59.8 Å². The van der Waals surface area contributed by atoms with Crippen molar-refractivity contribution in [2.75, 3.05) is 12.4 Å². The summed E-state index contributed by atoms with van der Waals surface area (Å²) in [7, 11) is 1.51. The number of nitriles is 3. The molecule has 0 aliphatic heterocycles. The topological polar surface area (TPSA) is 102 Å². The summed E-state index contributed by atoms with van der Waals surface area (Å²) in [5.74, 6) is 1.01. The Labute approximate surface area is 145 Å². The lowest BCUT2D eigenvalue weighted by Crippen LogP contribution is -2.02. The number of methoxy groups -OCH3 is 1. The Morgan fingerprint density at radius 1 is 0.960 bits per heavy atom. The molecule has 1 N–H and O–H groups in total. The van der Waals surface area contributed by atoms with Crippen LogP contribution in [0, 0.1) is 34.0 Å². The van der Waals surface area contributed by atoms with Gasteiger partial charge in [-0.05, 0) is 17.7 Å². The van der Waals surface area contributed by atoms with E-state index in [9.17, 15) is 0 Å². The summed E-state index contributed by atoms with van der Waals surface area (Å²) < 4.78 is 11.1.